The van der Waals surface area contributed by atoms with E-state index in [1.807, 2.05) is 6.92 Å². The number of nitrogens with zero attached hydrogens (tertiary/aromatic N) is 1. The van der Waals surface area contributed by atoms with Crippen LogP contribution in [0.2, 0.25) is 0 Å². The topological polar surface area (TPSA) is 72.9 Å². The van der Waals surface area contributed by atoms with Crippen LogP contribution in [-0.4, -0.2) is 41.5 Å². The minimum atomic E-state index is -0.235. The molecule has 4 aliphatic rings. The second kappa shape index (κ2) is 8.18. The smallest absolute Gasteiger partial charge is 0.302 e. The van der Waals surface area contributed by atoms with Crippen LogP contribution >= 0.6 is 0 Å². The van der Waals surface area contributed by atoms with E-state index in [1.54, 1.807) is 6.92 Å². The van der Waals surface area contributed by atoms with Gasteiger partial charge in [-0.25, -0.2) is 0 Å². The quantitative estimate of drug-likeness (QED) is 0.593. The Morgan fingerprint density at radius 1 is 1.03 bits per heavy atom. The summed E-state index contributed by atoms with van der Waals surface area (Å²) >= 11 is 0. The summed E-state index contributed by atoms with van der Waals surface area (Å²) < 4.78 is 11.2. The number of amides is 1. The minimum Gasteiger partial charge on any atom is -0.463 e. The van der Waals surface area contributed by atoms with Gasteiger partial charge in [-0.05, 0) is 74.7 Å². The van der Waals surface area contributed by atoms with Crippen LogP contribution in [0.25, 0.3) is 0 Å². The molecule has 1 aliphatic heterocycles. The van der Waals surface area contributed by atoms with Crippen LogP contribution in [0, 0.1) is 28.6 Å². The maximum atomic E-state index is 13.0. The van der Waals surface area contributed by atoms with E-state index in [9.17, 15) is 14.4 Å². The summed E-state index contributed by atoms with van der Waals surface area (Å²) in [5.41, 5.74) is 2.59. The van der Waals surface area contributed by atoms with Crippen molar-refractivity contribution >= 4 is 17.8 Å². The lowest BCUT2D eigenvalue weighted by atomic mass is 9.54. The average molecular weight is 446 g/mol. The molecule has 6 heteroatoms. The predicted molar refractivity (Wildman–Crippen MR) is 120 cm³/mol. The van der Waals surface area contributed by atoms with E-state index in [0.29, 0.717) is 18.4 Å². The van der Waals surface area contributed by atoms with E-state index in [-0.39, 0.29) is 46.8 Å². The molecule has 32 heavy (non-hydrogen) atoms. The SMILES string of the molecule is CC(=O)OC1CCC2(C)C3=C(CCC2C1)C1CCC(C(C)OC(C)=O)C1(C)CN3C(C)=O. The third-order valence-corrected chi connectivity index (χ3v) is 9.27. The van der Waals surface area contributed by atoms with Crippen LogP contribution in [0.4, 0.5) is 0 Å². The largest absolute Gasteiger partial charge is 0.463 e. The molecule has 1 amide bonds. The summed E-state index contributed by atoms with van der Waals surface area (Å²) in [6.07, 6.45) is 6.71. The Morgan fingerprint density at radius 2 is 1.75 bits per heavy atom. The molecular weight excluding hydrogens is 406 g/mol. The Kier molecular flexibility index (Phi) is 5.96. The van der Waals surface area contributed by atoms with E-state index in [4.69, 9.17) is 9.47 Å². The van der Waals surface area contributed by atoms with E-state index >= 15 is 0 Å². The molecule has 2 saturated carbocycles. The van der Waals surface area contributed by atoms with Gasteiger partial charge in [-0.1, -0.05) is 13.8 Å². The standard InChI is InChI=1S/C26H39NO5/c1-15(31-17(3)29)22-9-10-23-21-8-7-19-13-20(32-18(4)30)11-12-25(19,5)24(21)27(16(2)28)14-26(22,23)6/h15,19-20,22-23H,7-14H2,1-6H3. The molecule has 0 aromatic rings. The van der Waals surface area contributed by atoms with Crippen LogP contribution in [-0.2, 0) is 23.9 Å². The van der Waals surface area contributed by atoms with Crippen LogP contribution in [0.3, 0.4) is 0 Å². The third-order valence-electron chi connectivity index (χ3n) is 9.27. The molecule has 178 valence electrons. The van der Waals surface area contributed by atoms with Crippen molar-refractivity contribution < 1.29 is 23.9 Å². The van der Waals surface area contributed by atoms with Gasteiger partial charge in [0.05, 0.1) is 0 Å². The summed E-state index contributed by atoms with van der Waals surface area (Å²) in [6, 6.07) is 0. The van der Waals surface area contributed by atoms with Gasteiger partial charge in [-0.15, -0.1) is 0 Å². The summed E-state index contributed by atoms with van der Waals surface area (Å²) in [5, 5.41) is 0. The van der Waals surface area contributed by atoms with Crippen LogP contribution in [0.5, 0.6) is 0 Å². The number of ether oxygens (including phenoxy) is 2. The second-order valence-corrected chi connectivity index (χ2v) is 11.2. The first-order valence-corrected chi connectivity index (χ1v) is 12.3. The molecule has 3 aliphatic carbocycles. The number of esters is 2. The van der Waals surface area contributed by atoms with E-state index < -0.39 is 0 Å². The molecule has 0 saturated heterocycles. The van der Waals surface area contributed by atoms with Crippen molar-refractivity contribution in [3.05, 3.63) is 11.3 Å². The number of hydrogen-bond donors (Lipinski definition) is 0. The lowest BCUT2D eigenvalue weighted by molar-refractivity contribution is -0.154. The predicted octanol–water partition coefficient (Wildman–Crippen LogP) is 4.62. The van der Waals surface area contributed by atoms with Gasteiger partial charge in [-0.2, -0.15) is 0 Å². The molecule has 7 atom stereocenters. The first-order valence-electron chi connectivity index (χ1n) is 12.3. The first-order chi connectivity index (χ1) is 15.0. The average Bonchev–Trinajstić information content (AvgIpc) is 3.03. The Balaban J connectivity index is 1.70. The molecule has 1 heterocycles. The van der Waals surface area contributed by atoms with E-state index in [2.05, 4.69) is 18.7 Å². The van der Waals surface area contributed by atoms with Crippen molar-refractivity contribution in [3.8, 4) is 0 Å². The minimum absolute atomic E-state index is 0.00667. The summed E-state index contributed by atoms with van der Waals surface area (Å²) in [5.74, 6) is 0.764. The molecule has 7 unspecified atom stereocenters. The molecule has 0 N–H and O–H groups in total. The molecule has 4 rings (SSSR count). The van der Waals surface area contributed by atoms with Crippen molar-refractivity contribution in [2.75, 3.05) is 6.54 Å². The van der Waals surface area contributed by atoms with Crippen molar-refractivity contribution in [3.63, 3.8) is 0 Å². The highest BCUT2D eigenvalue weighted by Gasteiger charge is 2.59. The lowest BCUT2D eigenvalue weighted by Gasteiger charge is -2.58. The highest BCUT2D eigenvalue weighted by atomic mass is 16.5. The van der Waals surface area contributed by atoms with Gasteiger partial charge in [-0.3, -0.25) is 14.4 Å². The Morgan fingerprint density at radius 3 is 2.38 bits per heavy atom. The number of allylic oxidation sites excluding steroid dienone is 2. The molecule has 0 aromatic heterocycles. The van der Waals surface area contributed by atoms with Gasteiger partial charge in [0.25, 0.3) is 0 Å². The van der Waals surface area contributed by atoms with E-state index in [1.165, 1.54) is 25.1 Å². The molecule has 0 radical (unpaired) electrons. The highest BCUT2D eigenvalue weighted by molar-refractivity contribution is 5.76. The number of rotatable bonds is 3. The summed E-state index contributed by atoms with van der Waals surface area (Å²) in [4.78, 5) is 38.2. The molecule has 0 spiro atoms. The second-order valence-electron chi connectivity index (χ2n) is 11.2. The zero-order chi connectivity index (χ0) is 23.4. The zero-order valence-corrected chi connectivity index (χ0v) is 20.5. The zero-order valence-electron chi connectivity index (χ0n) is 20.5. The lowest BCUT2D eigenvalue weighted by Crippen LogP contribution is -2.56. The fraction of sp³-hybridized carbons (Fsp3) is 0.808. The number of hydrogen-bond acceptors (Lipinski definition) is 5. The van der Waals surface area contributed by atoms with Crippen LogP contribution in [0.1, 0.15) is 86.5 Å². The van der Waals surface area contributed by atoms with Crippen LogP contribution in [0.15, 0.2) is 11.3 Å². The van der Waals surface area contributed by atoms with Crippen LogP contribution < -0.4 is 0 Å². The van der Waals surface area contributed by atoms with Gasteiger partial charge in [0, 0.05) is 44.3 Å². The molecular formula is C26H39NO5. The van der Waals surface area contributed by atoms with Crippen molar-refractivity contribution in [1.29, 1.82) is 0 Å². The number of fused-ring (bicyclic) bond motifs is 4. The number of carbonyl (C=O) groups is 3. The van der Waals surface area contributed by atoms with Crippen molar-refractivity contribution in [2.24, 2.45) is 28.6 Å². The molecule has 0 aromatic carbocycles. The summed E-state index contributed by atoms with van der Waals surface area (Å²) in [7, 11) is 0. The maximum absolute atomic E-state index is 13.0. The van der Waals surface area contributed by atoms with Gasteiger partial charge in [0.2, 0.25) is 5.91 Å². The fourth-order valence-electron chi connectivity index (χ4n) is 7.95. The first kappa shape index (κ1) is 23.3. The van der Waals surface area contributed by atoms with Gasteiger partial charge in [0.15, 0.2) is 0 Å². The maximum Gasteiger partial charge on any atom is 0.302 e. The normalized spacial score (nSPS) is 39.5. The van der Waals surface area contributed by atoms with Gasteiger partial charge >= 0.3 is 11.9 Å². The molecule has 6 nitrogen and oxygen atoms in total. The summed E-state index contributed by atoms with van der Waals surface area (Å²) in [6.45, 7) is 12.0. The van der Waals surface area contributed by atoms with Crippen molar-refractivity contribution in [2.45, 2.75) is 98.7 Å². The Labute approximate surface area is 192 Å². The van der Waals surface area contributed by atoms with Gasteiger partial charge < -0.3 is 14.4 Å². The van der Waals surface area contributed by atoms with E-state index in [0.717, 1.165) is 44.9 Å². The van der Waals surface area contributed by atoms with Crippen molar-refractivity contribution in [1.82, 2.24) is 4.90 Å². The Bertz CT molecular complexity index is 849. The fourth-order valence-corrected chi connectivity index (χ4v) is 7.95. The van der Waals surface area contributed by atoms with Gasteiger partial charge in [0.1, 0.15) is 12.2 Å². The highest BCUT2D eigenvalue weighted by Crippen LogP contribution is 2.63. The Hall–Kier alpha value is -1.85. The monoisotopic (exact) mass is 445 g/mol. The number of carbonyl (C=O) groups excluding carboxylic acids is 3. The third kappa shape index (κ3) is 3.67. The molecule has 2 fully saturated rings. The molecule has 0 bridgehead atoms.